The molecule has 0 radical (unpaired) electrons. The molecule has 1 aromatic carbocycles. The number of hydrogen-bond acceptors (Lipinski definition) is 5. The highest BCUT2D eigenvalue weighted by molar-refractivity contribution is 7.88. The second kappa shape index (κ2) is 7.41. The van der Waals surface area contributed by atoms with E-state index < -0.39 is 10.0 Å². The molecule has 25 heavy (non-hydrogen) atoms. The zero-order valence-electron chi connectivity index (χ0n) is 14.4. The Morgan fingerprint density at radius 2 is 2.12 bits per heavy atom. The molecule has 2 aromatic rings. The summed E-state index contributed by atoms with van der Waals surface area (Å²) in [5.41, 5.74) is 1.52. The molecule has 0 unspecified atom stereocenters. The lowest BCUT2D eigenvalue weighted by Crippen LogP contribution is -2.32. The molecule has 134 valence electrons. The van der Waals surface area contributed by atoms with Crippen molar-refractivity contribution in [2.45, 2.75) is 25.2 Å². The monoisotopic (exact) mass is 362 g/mol. The first-order valence-electron chi connectivity index (χ1n) is 8.17. The Labute approximate surface area is 148 Å². The molecule has 7 heteroatoms. The Morgan fingerprint density at radius 1 is 1.28 bits per heavy atom. The summed E-state index contributed by atoms with van der Waals surface area (Å²) in [6, 6.07) is 10.8. The molecule has 0 aliphatic carbocycles. The third kappa shape index (κ3) is 4.29. The molecule has 2 heterocycles. The Hall–Kier alpha value is -2.12. The number of ether oxygens (including phenoxy) is 2. The first-order chi connectivity index (χ1) is 12.0. The Bertz CT molecular complexity index is 838. The first-order valence-corrected chi connectivity index (χ1v) is 9.78. The van der Waals surface area contributed by atoms with Crippen LogP contribution in [0.15, 0.2) is 42.6 Å². The van der Waals surface area contributed by atoms with Gasteiger partial charge in [0.25, 0.3) is 0 Å². The van der Waals surface area contributed by atoms with Gasteiger partial charge in [-0.2, -0.15) is 4.31 Å². The van der Waals surface area contributed by atoms with E-state index in [2.05, 4.69) is 4.98 Å². The minimum atomic E-state index is -3.39. The van der Waals surface area contributed by atoms with Gasteiger partial charge in [-0.05, 0) is 43.2 Å². The summed E-state index contributed by atoms with van der Waals surface area (Å²) >= 11 is 0. The molecule has 0 N–H and O–H groups in total. The summed E-state index contributed by atoms with van der Waals surface area (Å²) in [5.74, 6) is 1.32. The van der Waals surface area contributed by atoms with Gasteiger partial charge in [-0.1, -0.05) is 12.1 Å². The van der Waals surface area contributed by atoms with Crippen molar-refractivity contribution in [2.75, 3.05) is 20.2 Å². The molecule has 1 aliphatic heterocycles. The Balaban J connectivity index is 1.65. The Kier molecular flexibility index (Phi) is 5.24. The fraction of sp³-hybridized carbons (Fsp3) is 0.389. The van der Waals surface area contributed by atoms with Crippen molar-refractivity contribution in [3.8, 4) is 11.5 Å². The highest BCUT2D eigenvalue weighted by atomic mass is 32.2. The van der Waals surface area contributed by atoms with Crippen LogP contribution in [0.3, 0.4) is 0 Å². The maximum atomic E-state index is 12.7. The minimum absolute atomic E-state index is 0.0388. The molecule has 0 saturated carbocycles. The molecule has 1 atom stereocenters. The summed E-state index contributed by atoms with van der Waals surface area (Å²) in [7, 11) is -1.83. The first kappa shape index (κ1) is 17.7. The Morgan fingerprint density at radius 3 is 2.88 bits per heavy atom. The van der Waals surface area contributed by atoms with E-state index in [1.165, 1.54) is 4.31 Å². The van der Waals surface area contributed by atoms with E-state index in [0.717, 1.165) is 5.69 Å². The van der Waals surface area contributed by atoms with Gasteiger partial charge in [0.15, 0.2) is 0 Å². The third-order valence-corrected chi connectivity index (χ3v) is 6.05. The van der Waals surface area contributed by atoms with Gasteiger partial charge in [0.05, 0.1) is 25.1 Å². The van der Waals surface area contributed by atoms with Gasteiger partial charge in [0.1, 0.15) is 17.6 Å². The lowest BCUT2D eigenvalue weighted by molar-refractivity contribution is 0.213. The van der Waals surface area contributed by atoms with E-state index in [1.54, 1.807) is 37.6 Å². The smallest absolute Gasteiger partial charge is 0.218 e. The molecule has 0 bridgehead atoms. The maximum absolute atomic E-state index is 12.7. The molecule has 1 aliphatic rings. The predicted octanol–water partition coefficient (Wildman–Crippen LogP) is 2.38. The van der Waals surface area contributed by atoms with Crippen LogP contribution in [0.25, 0.3) is 0 Å². The minimum Gasteiger partial charge on any atom is -0.497 e. The van der Waals surface area contributed by atoms with E-state index in [-0.39, 0.29) is 11.9 Å². The molecule has 0 spiro atoms. The van der Waals surface area contributed by atoms with Gasteiger partial charge in [0.2, 0.25) is 10.0 Å². The number of aromatic nitrogens is 1. The zero-order chi connectivity index (χ0) is 17.9. The number of methoxy groups -OCH3 is 1. The average molecular weight is 362 g/mol. The quantitative estimate of drug-likeness (QED) is 0.789. The van der Waals surface area contributed by atoms with Crippen molar-refractivity contribution in [3.05, 3.63) is 53.9 Å². The number of benzene rings is 1. The average Bonchev–Trinajstić information content (AvgIpc) is 3.06. The molecule has 1 aromatic heterocycles. The number of sulfonamides is 1. The highest BCUT2D eigenvalue weighted by Gasteiger charge is 2.32. The van der Waals surface area contributed by atoms with Gasteiger partial charge in [-0.3, -0.25) is 4.98 Å². The van der Waals surface area contributed by atoms with E-state index in [0.29, 0.717) is 36.6 Å². The molecule has 1 saturated heterocycles. The lowest BCUT2D eigenvalue weighted by atomic mass is 10.2. The SMILES string of the molecule is COc1cccc(CS(=O)(=O)N2CC[C@@H](Oc3cccnc3C)C2)c1. The van der Waals surface area contributed by atoms with E-state index in [9.17, 15) is 8.42 Å². The number of rotatable bonds is 6. The lowest BCUT2D eigenvalue weighted by Gasteiger charge is -2.18. The van der Waals surface area contributed by atoms with Crippen LogP contribution < -0.4 is 9.47 Å². The fourth-order valence-electron chi connectivity index (χ4n) is 2.88. The molecule has 0 amide bonds. The van der Waals surface area contributed by atoms with E-state index >= 15 is 0 Å². The molecular weight excluding hydrogens is 340 g/mol. The zero-order valence-corrected chi connectivity index (χ0v) is 15.2. The number of hydrogen-bond donors (Lipinski definition) is 0. The van der Waals surface area contributed by atoms with Crippen molar-refractivity contribution in [3.63, 3.8) is 0 Å². The molecule has 3 rings (SSSR count). The van der Waals surface area contributed by atoms with Gasteiger partial charge in [-0.15, -0.1) is 0 Å². The van der Waals surface area contributed by atoms with Crippen LogP contribution >= 0.6 is 0 Å². The fourth-order valence-corrected chi connectivity index (χ4v) is 4.44. The number of aryl methyl sites for hydroxylation is 1. The molecule has 1 fully saturated rings. The number of nitrogens with zero attached hydrogens (tertiary/aromatic N) is 2. The van der Waals surface area contributed by atoms with Crippen LogP contribution in [0.4, 0.5) is 0 Å². The van der Waals surface area contributed by atoms with Crippen molar-refractivity contribution in [1.82, 2.24) is 9.29 Å². The van der Waals surface area contributed by atoms with Gasteiger partial charge < -0.3 is 9.47 Å². The van der Waals surface area contributed by atoms with Crippen molar-refractivity contribution < 1.29 is 17.9 Å². The van der Waals surface area contributed by atoms with E-state index in [1.807, 2.05) is 19.1 Å². The summed E-state index contributed by atoms with van der Waals surface area (Å²) in [4.78, 5) is 4.19. The summed E-state index contributed by atoms with van der Waals surface area (Å²) in [6.45, 7) is 2.71. The van der Waals surface area contributed by atoms with E-state index in [4.69, 9.17) is 9.47 Å². The maximum Gasteiger partial charge on any atom is 0.218 e. The predicted molar refractivity (Wildman–Crippen MR) is 95.2 cm³/mol. The van der Waals surface area contributed by atoms with Crippen LogP contribution in [0.5, 0.6) is 11.5 Å². The molecule has 6 nitrogen and oxygen atoms in total. The largest absolute Gasteiger partial charge is 0.497 e. The van der Waals surface area contributed by atoms with Crippen molar-refractivity contribution in [1.29, 1.82) is 0 Å². The van der Waals surface area contributed by atoms with Crippen molar-refractivity contribution >= 4 is 10.0 Å². The standard InChI is InChI=1S/C18H22N2O4S/c1-14-18(7-4-9-19-14)24-17-8-10-20(12-17)25(21,22)13-15-5-3-6-16(11-15)23-2/h3-7,9,11,17H,8,10,12-13H2,1-2H3/t17-/m1/s1. The van der Waals surface area contributed by atoms with Crippen LogP contribution in [0, 0.1) is 6.92 Å². The van der Waals surface area contributed by atoms with Gasteiger partial charge in [-0.25, -0.2) is 8.42 Å². The molecular formula is C18H22N2O4S. The topological polar surface area (TPSA) is 68.7 Å². The van der Waals surface area contributed by atoms with Crippen molar-refractivity contribution in [2.24, 2.45) is 0 Å². The van der Waals surface area contributed by atoms with Crippen LogP contribution in [-0.2, 0) is 15.8 Å². The van der Waals surface area contributed by atoms with Crippen LogP contribution in [0.1, 0.15) is 17.7 Å². The second-order valence-electron chi connectivity index (χ2n) is 6.08. The third-order valence-electron chi connectivity index (χ3n) is 4.24. The second-order valence-corrected chi connectivity index (χ2v) is 8.05. The van der Waals surface area contributed by atoms with Gasteiger partial charge >= 0.3 is 0 Å². The van der Waals surface area contributed by atoms with Crippen LogP contribution in [0.2, 0.25) is 0 Å². The summed E-state index contributed by atoms with van der Waals surface area (Å²) in [5, 5.41) is 0. The number of pyridine rings is 1. The summed E-state index contributed by atoms with van der Waals surface area (Å²) < 4.78 is 38.0. The van der Waals surface area contributed by atoms with Gasteiger partial charge in [0, 0.05) is 12.7 Å². The summed E-state index contributed by atoms with van der Waals surface area (Å²) in [6.07, 6.45) is 2.23. The van der Waals surface area contributed by atoms with Crippen LogP contribution in [-0.4, -0.2) is 44.0 Å². The highest BCUT2D eigenvalue weighted by Crippen LogP contribution is 2.24. The normalized spacial score (nSPS) is 18.2.